The fraction of sp³-hybridized carbons (Fsp3) is 0.500. The summed E-state index contributed by atoms with van der Waals surface area (Å²) in [6.07, 6.45) is 3.45. The summed E-state index contributed by atoms with van der Waals surface area (Å²) in [5, 5.41) is 0. The predicted molar refractivity (Wildman–Crippen MR) is 64.8 cm³/mol. The zero-order chi connectivity index (χ0) is 9.97. The van der Waals surface area contributed by atoms with Gasteiger partial charge in [0.2, 0.25) is 0 Å². The van der Waals surface area contributed by atoms with Crippen molar-refractivity contribution in [3.8, 4) is 5.75 Å². The van der Waals surface area contributed by atoms with Gasteiger partial charge in [0.1, 0.15) is 5.75 Å². The number of methoxy groups -OCH3 is 1. The maximum absolute atomic E-state index is 5.71. The molecule has 3 heteroatoms. The molecule has 0 radical (unpaired) electrons. The summed E-state index contributed by atoms with van der Waals surface area (Å²) in [5.41, 5.74) is 8.52. The van der Waals surface area contributed by atoms with E-state index in [0.29, 0.717) is 5.92 Å². The van der Waals surface area contributed by atoms with Crippen LogP contribution in [-0.4, -0.2) is 13.7 Å². The minimum Gasteiger partial charge on any atom is -0.496 e. The van der Waals surface area contributed by atoms with Crippen LogP contribution in [0.15, 0.2) is 18.2 Å². The first-order valence-corrected chi connectivity index (χ1v) is 5.20. The molecule has 15 heavy (non-hydrogen) atoms. The Morgan fingerprint density at radius 2 is 2.27 bits per heavy atom. The molecule has 1 aliphatic rings. The first-order chi connectivity index (χ1) is 6.85. The molecule has 1 aliphatic carbocycles. The molecule has 0 aliphatic heterocycles. The first kappa shape index (κ1) is 12.3. The van der Waals surface area contributed by atoms with Gasteiger partial charge in [-0.1, -0.05) is 12.1 Å². The SMILES string of the molecule is COc1cccc2c1CC(CN)CC2.Cl. The summed E-state index contributed by atoms with van der Waals surface area (Å²) in [7, 11) is 1.74. The molecule has 0 amide bonds. The van der Waals surface area contributed by atoms with Crippen molar-refractivity contribution in [3.05, 3.63) is 29.3 Å². The van der Waals surface area contributed by atoms with Crippen molar-refractivity contribution in [2.45, 2.75) is 19.3 Å². The van der Waals surface area contributed by atoms with Gasteiger partial charge >= 0.3 is 0 Å². The van der Waals surface area contributed by atoms with Gasteiger partial charge in [0.15, 0.2) is 0 Å². The van der Waals surface area contributed by atoms with Gasteiger partial charge in [-0.25, -0.2) is 0 Å². The Kier molecular flexibility index (Phi) is 4.43. The summed E-state index contributed by atoms with van der Waals surface area (Å²) < 4.78 is 5.36. The number of hydrogen-bond acceptors (Lipinski definition) is 2. The fourth-order valence-electron chi connectivity index (χ4n) is 2.22. The number of benzene rings is 1. The van der Waals surface area contributed by atoms with Gasteiger partial charge in [-0.3, -0.25) is 0 Å². The smallest absolute Gasteiger partial charge is 0.122 e. The van der Waals surface area contributed by atoms with Crippen LogP contribution >= 0.6 is 12.4 Å². The molecule has 2 nitrogen and oxygen atoms in total. The van der Waals surface area contributed by atoms with Crippen LogP contribution in [0.5, 0.6) is 5.75 Å². The number of ether oxygens (including phenoxy) is 1. The molecule has 1 aromatic rings. The van der Waals surface area contributed by atoms with Crippen LogP contribution < -0.4 is 10.5 Å². The molecule has 2 rings (SSSR count). The van der Waals surface area contributed by atoms with Crippen molar-refractivity contribution in [2.24, 2.45) is 11.7 Å². The third-order valence-electron chi connectivity index (χ3n) is 3.10. The number of nitrogens with two attached hydrogens (primary N) is 1. The zero-order valence-corrected chi connectivity index (χ0v) is 9.85. The predicted octanol–water partition coefficient (Wildman–Crippen LogP) is 2.18. The van der Waals surface area contributed by atoms with Crippen molar-refractivity contribution in [1.82, 2.24) is 0 Å². The van der Waals surface area contributed by atoms with Crippen LogP contribution in [0, 0.1) is 5.92 Å². The second-order valence-electron chi connectivity index (χ2n) is 3.94. The lowest BCUT2D eigenvalue weighted by molar-refractivity contribution is 0.393. The van der Waals surface area contributed by atoms with Gasteiger partial charge in [-0.15, -0.1) is 12.4 Å². The van der Waals surface area contributed by atoms with Crippen LogP contribution in [0.25, 0.3) is 0 Å². The molecule has 2 N–H and O–H groups in total. The van der Waals surface area contributed by atoms with E-state index in [0.717, 1.165) is 25.1 Å². The second kappa shape index (κ2) is 5.38. The second-order valence-corrected chi connectivity index (χ2v) is 3.94. The molecule has 0 saturated heterocycles. The highest BCUT2D eigenvalue weighted by Gasteiger charge is 2.19. The van der Waals surface area contributed by atoms with Crippen LogP contribution in [-0.2, 0) is 12.8 Å². The largest absolute Gasteiger partial charge is 0.496 e. The van der Waals surface area contributed by atoms with E-state index >= 15 is 0 Å². The number of halogens is 1. The molecule has 0 bridgehead atoms. The number of rotatable bonds is 2. The van der Waals surface area contributed by atoms with Crippen LogP contribution in [0.4, 0.5) is 0 Å². The van der Waals surface area contributed by atoms with Gasteiger partial charge < -0.3 is 10.5 Å². The first-order valence-electron chi connectivity index (χ1n) is 5.20. The van der Waals surface area contributed by atoms with Gasteiger partial charge in [0, 0.05) is 0 Å². The topological polar surface area (TPSA) is 35.2 Å². The third kappa shape index (κ3) is 2.44. The summed E-state index contributed by atoms with van der Waals surface area (Å²) in [4.78, 5) is 0. The highest BCUT2D eigenvalue weighted by atomic mass is 35.5. The maximum atomic E-state index is 5.71. The van der Waals surface area contributed by atoms with Crippen LogP contribution in [0.2, 0.25) is 0 Å². The molecular weight excluding hydrogens is 210 g/mol. The molecular formula is C12H18ClNO. The van der Waals surface area contributed by atoms with E-state index in [2.05, 4.69) is 12.1 Å². The van der Waals surface area contributed by atoms with Gasteiger partial charge in [0.25, 0.3) is 0 Å². The average molecular weight is 228 g/mol. The van der Waals surface area contributed by atoms with Gasteiger partial charge in [-0.2, -0.15) is 0 Å². The molecule has 0 aromatic heterocycles. The van der Waals surface area contributed by atoms with E-state index < -0.39 is 0 Å². The zero-order valence-electron chi connectivity index (χ0n) is 9.03. The number of fused-ring (bicyclic) bond motifs is 1. The molecule has 1 atom stereocenters. The lowest BCUT2D eigenvalue weighted by atomic mass is 9.83. The van der Waals surface area contributed by atoms with Crippen molar-refractivity contribution in [3.63, 3.8) is 0 Å². The van der Waals surface area contributed by atoms with Crippen molar-refractivity contribution in [1.29, 1.82) is 0 Å². The Balaban J connectivity index is 0.00000112. The van der Waals surface area contributed by atoms with E-state index in [-0.39, 0.29) is 12.4 Å². The Morgan fingerprint density at radius 1 is 1.47 bits per heavy atom. The number of hydrogen-bond donors (Lipinski definition) is 1. The Bertz CT molecular complexity index is 313. The van der Waals surface area contributed by atoms with E-state index in [1.54, 1.807) is 7.11 Å². The molecule has 1 aromatic carbocycles. The summed E-state index contributed by atoms with van der Waals surface area (Å²) >= 11 is 0. The van der Waals surface area contributed by atoms with Crippen LogP contribution in [0.1, 0.15) is 17.5 Å². The minimum absolute atomic E-state index is 0. The monoisotopic (exact) mass is 227 g/mol. The van der Waals surface area contributed by atoms with E-state index in [4.69, 9.17) is 10.5 Å². The van der Waals surface area contributed by atoms with E-state index in [1.807, 2.05) is 6.07 Å². The quantitative estimate of drug-likeness (QED) is 0.841. The van der Waals surface area contributed by atoms with E-state index in [1.165, 1.54) is 17.5 Å². The van der Waals surface area contributed by atoms with Crippen molar-refractivity contribution in [2.75, 3.05) is 13.7 Å². The highest BCUT2D eigenvalue weighted by molar-refractivity contribution is 5.85. The average Bonchev–Trinajstić information content (AvgIpc) is 2.27. The lowest BCUT2D eigenvalue weighted by Crippen LogP contribution is -2.22. The van der Waals surface area contributed by atoms with Gasteiger partial charge in [0.05, 0.1) is 7.11 Å². The summed E-state index contributed by atoms with van der Waals surface area (Å²) in [6, 6.07) is 6.31. The normalized spacial score (nSPS) is 18.9. The Morgan fingerprint density at radius 3 is 2.93 bits per heavy atom. The summed E-state index contributed by atoms with van der Waals surface area (Å²) in [5.74, 6) is 1.67. The molecule has 0 spiro atoms. The molecule has 84 valence electrons. The van der Waals surface area contributed by atoms with Crippen LogP contribution in [0.3, 0.4) is 0 Å². The minimum atomic E-state index is 0. The molecule has 0 saturated carbocycles. The Hall–Kier alpha value is -0.730. The lowest BCUT2D eigenvalue weighted by Gasteiger charge is -2.24. The maximum Gasteiger partial charge on any atom is 0.122 e. The summed E-state index contributed by atoms with van der Waals surface area (Å²) in [6.45, 7) is 0.789. The van der Waals surface area contributed by atoms with Crippen molar-refractivity contribution < 1.29 is 4.74 Å². The molecule has 0 fully saturated rings. The third-order valence-corrected chi connectivity index (χ3v) is 3.10. The Labute approximate surface area is 97.2 Å². The molecule has 1 unspecified atom stereocenters. The fourth-order valence-corrected chi connectivity index (χ4v) is 2.22. The highest BCUT2D eigenvalue weighted by Crippen LogP contribution is 2.31. The van der Waals surface area contributed by atoms with Gasteiger partial charge in [-0.05, 0) is 48.9 Å². The number of aryl methyl sites for hydroxylation is 1. The van der Waals surface area contributed by atoms with Crippen molar-refractivity contribution >= 4 is 12.4 Å². The standard InChI is InChI=1S/C12H17NO.ClH/c1-14-12-4-2-3-10-6-5-9(8-13)7-11(10)12;/h2-4,9H,5-8,13H2,1H3;1H. The molecule has 0 heterocycles. The van der Waals surface area contributed by atoms with E-state index in [9.17, 15) is 0 Å².